The van der Waals surface area contributed by atoms with Gasteiger partial charge in [0.2, 0.25) is 5.91 Å². The van der Waals surface area contributed by atoms with Crippen LogP contribution in [0.5, 0.6) is 0 Å². The standard InChI is InChI=1S/C23H24ClFN6O2/c1-4-16-7-20(15-11-28-31(3)13-15)27-10-14(2)18(12-26-16)23(33)30-21-8-17(5-6-19(21)25)29-22(32)9-24/h5-8,10-13,16H,4,9H2,1-3H3,(H,29,32)(H,30,33)/b18-14-,20-7-,26-12?,27-10-. The molecule has 0 spiro atoms. The number of halogens is 2. The Morgan fingerprint density at radius 2 is 2.03 bits per heavy atom. The zero-order valence-corrected chi connectivity index (χ0v) is 19.2. The summed E-state index contributed by atoms with van der Waals surface area (Å²) in [4.78, 5) is 33.6. The summed E-state index contributed by atoms with van der Waals surface area (Å²) in [7, 11) is 1.82. The molecule has 2 aromatic rings. The molecule has 0 aliphatic carbocycles. The number of amides is 2. The number of aromatic nitrogens is 2. The number of carbonyl (C=O) groups is 2. The van der Waals surface area contributed by atoms with Crippen LogP contribution in [-0.2, 0) is 16.6 Å². The van der Waals surface area contributed by atoms with E-state index in [1.807, 2.05) is 26.2 Å². The summed E-state index contributed by atoms with van der Waals surface area (Å²) in [6.07, 6.45) is 9.23. The Bertz CT molecular complexity index is 1180. The van der Waals surface area contributed by atoms with Crippen LogP contribution in [0.15, 0.2) is 57.8 Å². The fourth-order valence-corrected chi connectivity index (χ4v) is 3.11. The maximum Gasteiger partial charge on any atom is 0.257 e. The average Bonchev–Trinajstić information content (AvgIpc) is 3.25. The lowest BCUT2D eigenvalue weighted by Crippen LogP contribution is -2.19. The molecule has 1 aliphatic rings. The van der Waals surface area contributed by atoms with Crippen molar-refractivity contribution in [3.05, 3.63) is 59.2 Å². The van der Waals surface area contributed by atoms with Crippen molar-refractivity contribution in [3.8, 4) is 0 Å². The van der Waals surface area contributed by atoms with Gasteiger partial charge in [-0.1, -0.05) is 6.92 Å². The van der Waals surface area contributed by atoms with Crippen LogP contribution >= 0.6 is 11.6 Å². The molecule has 1 aromatic carbocycles. The lowest BCUT2D eigenvalue weighted by molar-refractivity contribution is -0.114. The number of anilines is 2. The zero-order chi connectivity index (χ0) is 24.0. The summed E-state index contributed by atoms with van der Waals surface area (Å²) >= 11 is 5.49. The van der Waals surface area contributed by atoms with E-state index in [1.54, 1.807) is 24.0 Å². The number of hydrogen-bond acceptors (Lipinski definition) is 5. The van der Waals surface area contributed by atoms with Crippen molar-refractivity contribution in [1.29, 1.82) is 0 Å². The molecule has 33 heavy (non-hydrogen) atoms. The van der Waals surface area contributed by atoms with Crippen molar-refractivity contribution in [1.82, 2.24) is 9.78 Å². The lowest BCUT2D eigenvalue weighted by Gasteiger charge is -2.11. The van der Waals surface area contributed by atoms with Crippen LogP contribution in [0.1, 0.15) is 25.8 Å². The van der Waals surface area contributed by atoms with E-state index in [-0.39, 0.29) is 23.2 Å². The van der Waals surface area contributed by atoms with Crippen LogP contribution in [0.3, 0.4) is 0 Å². The second-order valence-electron chi connectivity index (χ2n) is 7.39. The van der Waals surface area contributed by atoms with Crippen LogP contribution in [0.2, 0.25) is 0 Å². The zero-order valence-electron chi connectivity index (χ0n) is 18.5. The number of nitrogens with one attached hydrogen (secondary N) is 2. The summed E-state index contributed by atoms with van der Waals surface area (Å²) < 4.78 is 16.0. The first-order valence-corrected chi connectivity index (χ1v) is 10.8. The molecule has 1 aliphatic heterocycles. The Hall–Kier alpha value is -3.59. The number of hydrogen-bond donors (Lipinski definition) is 2. The maximum absolute atomic E-state index is 14.3. The SMILES string of the molecule is CCC1\C=C(c2cnn(C)c2)/N=C\C(C)=C(/C(=O)Nc2cc(NC(=O)CCl)ccc2F)C=N1. The molecular weight excluding hydrogens is 447 g/mol. The summed E-state index contributed by atoms with van der Waals surface area (Å²) in [5.41, 5.74) is 2.55. The van der Waals surface area contributed by atoms with E-state index in [4.69, 9.17) is 11.6 Å². The minimum Gasteiger partial charge on any atom is -0.325 e. The van der Waals surface area contributed by atoms with Gasteiger partial charge in [0.05, 0.1) is 29.2 Å². The van der Waals surface area contributed by atoms with Gasteiger partial charge in [-0.2, -0.15) is 5.10 Å². The fourth-order valence-electron chi connectivity index (χ4n) is 3.04. The second-order valence-corrected chi connectivity index (χ2v) is 7.66. The third kappa shape index (κ3) is 6.23. The Morgan fingerprint density at radius 3 is 2.70 bits per heavy atom. The molecule has 1 atom stereocenters. The highest BCUT2D eigenvalue weighted by atomic mass is 35.5. The van der Waals surface area contributed by atoms with E-state index in [0.29, 0.717) is 23.4 Å². The van der Waals surface area contributed by atoms with E-state index in [0.717, 1.165) is 11.6 Å². The molecule has 0 radical (unpaired) electrons. The fraction of sp³-hybridized carbons (Fsp3) is 0.261. The Balaban J connectivity index is 1.90. The first kappa shape index (κ1) is 24.1. The van der Waals surface area contributed by atoms with Gasteiger partial charge in [-0.05, 0) is 43.2 Å². The highest BCUT2D eigenvalue weighted by Crippen LogP contribution is 2.22. The van der Waals surface area contributed by atoms with E-state index < -0.39 is 17.6 Å². The van der Waals surface area contributed by atoms with E-state index in [2.05, 4.69) is 25.7 Å². The predicted octanol–water partition coefficient (Wildman–Crippen LogP) is 3.97. The summed E-state index contributed by atoms with van der Waals surface area (Å²) in [6.45, 7) is 3.71. The number of aryl methyl sites for hydroxylation is 1. The monoisotopic (exact) mass is 470 g/mol. The first-order chi connectivity index (χ1) is 15.8. The van der Waals surface area contributed by atoms with Crippen molar-refractivity contribution in [3.63, 3.8) is 0 Å². The number of alkyl halides is 1. The highest BCUT2D eigenvalue weighted by molar-refractivity contribution is 6.29. The normalized spacial score (nSPS) is 20.8. The molecule has 172 valence electrons. The number of carbonyl (C=O) groups excluding carboxylic acids is 2. The smallest absolute Gasteiger partial charge is 0.257 e. The van der Waals surface area contributed by atoms with Gasteiger partial charge in [0.25, 0.3) is 5.91 Å². The molecule has 0 bridgehead atoms. The van der Waals surface area contributed by atoms with Crippen LogP contribution in [-0.4, -0.2) is 45.9 Å². The Morgan fingerprint density at radius 1 is 1.24 bits per heavy atom. The van der Waals surface area contributed by atoms with Crippen molar-refractivity contribution in [2.24, 2.45) is 17.0 Å². The van der Waals surface area contributed by atoms with Gasteiger partial charge in [-0.25, -0.2) is 4.39 Å². The molecule has 3 rings (SSSR count). The second kappa shape index (κ2) is 10.8. The summed E-state index contributed by atoms with van der Waals surface area (Å²) in [6, 6.07) is 3.64. The minimum atomic E-state index is -0.647. The Labute approximate surface area is 196 Å². The van der Waals surface area contributed by atoms with E-state index in [9.17, 15) is 14.0 Å². The van der Waals surface area contributed by atoms with E-state index in [1.165, 1.54) is 18.3 Å². The van der Waals surface area contributed by atoms with Gasteiger partial charge in [-0.3, -0.25) is 24.3 Å². The van der Waals surface area contributed by atoms with E-state index >= 15 is 0 Å². The average molecular weight is 471 g/mol. The molecule has 2 heterocycles. The molecule has 0 saturated heterocycles. The van der Waals surface area contributed by atoms with Crippen LogP contribution < -0.4 is 10.6 Å². The minimum absolute atomic E-state index is 0.0842. The molecule has 0 fully saturated rings. The molecule has 10 heteroatoms. The number of nitrogens with zero attached hydrogens (tertiary/aromatic N) is 4. The largest absolute Gasteiger partial charge is 0.325 e. The topological polar surface area (TPSA) is 101 Å². The first-order valence-electron chi connectivity index (χ1n) is 10.3. The van der Waals surface area contributed by atoms with Gasteiger partial charge in [-0.15, -0.1) is 11.6 Å². The molecule has 8 nitrogen and oxygen atoms in total. The number of benzene rings is 1. The molecule has 0 saturated carbocycles. The number of aliphatic imine (C=N–C) groups is 2. The maximum atomic E-state index is 14.3. The quantitative estimate of drug-likeness (QED) is 0.624. The van der Waals surface area contributed by atoms with Crippen LogP contribution in [0.25, 0.3) is 5.70 Å². The van der Waals surface area contributed by atoms with Crippen molar-refractivity contribution in [2.45, 2.75) is 26.3 Å². The van der Waals surface area contributed by atoms with Gasteiger partial charge < -0.3 is 10.6 Å². The van der Waals surface area contributed by atoms with Gasteiger partial charge in [0.1, 0.15) is 11.7 Å². The van der Waals surface area contributed by atoms with Gasteiger partial charge in [0, 0.05) is 36.9 Å². The number of allylic oxidation sites excluding steroid dienone is 1. The lowest BCUT2D eigenvalue weighted by atomic mass is 10.1. The molecule has 1 unspecified atom stereocenters. The summed E-state index contributed by atoms with van der Waals surface area (Å²) in [5, 5.41) is 9.26. The third-order valence-corrected chi connectivity index (χ3v) is 5.09. The van der Waals surface area contributed by atoms with Crippen molar-refractivity contribution in [2.75, 3.05) is 16.5 Å². The van der Waals surface area contributed by atoms with Crippen LogP contribution in [0.4, 0.5) is 15.8 Å². The van der Waals surface area contributed by atoms with Gasteiger partial charge in [0.15, 0.2) is 0 Å². The molecule has 2 amide bonds. The Kier molecular flexibility index (Phi) is 7.89. The number of rotatable bonds is 6. The predicted molar refractivity (Wildman–Crippen MR) is 129 cm³/mol. The molecule has 2 N–H and O–H groups in total. The van der Waals surface area contributed by atoms with Crippen molar-refractivity contribution >= 4 is 52.9 Å². The third-order valence-electron chi connectivity index (χ3n) is 4.85. The summed E-state index contributed by atoms with van der Waals surface area (Å²) in [5.74, 6) is -1.89. The van der Waals surface area contributed by atoms with Gasteiger partial charge >= 0.3 is 0 Å². The highest BCUT2D eigenvalue weighted by Gasteiger charge is 2.16. The van der Waals surface area contributed by atoms with Crippen LogP contribution in [0, 0.1) is 5.82 Å². The van der Waals surface area contributed by atoms with Crippen molar-refractivity contribution < 1.29 is 14.0 Å². The molecule has 1 aromatic heterocycles. The molecular formula is C23H24ClFN6O2.